The molecule has 0 spiro atoms. The summed E-state index contributed by atoms with van der Waals surface area (Å²) in [5.74, 6) is -0.894. The van der Waals surface area contributed by atoms with Crippen LogP contribution >= 0.6 is 11.6 Å². The first kappa shape index (κ1) is 11.1. The molecule has 1 aromatic rings. The maximum Gasteiger partial charge on any atom is 0.168 e. The first-order chi connectivity index (χ1) is 6.57. The van der Waals surface area contributed by atoms with Gasteiger partial charge in [0.1, 0.15) is 5.82 Å². The molecule has 2 N–H and O–H groups in total. The molecule has 1 rings (SSSR count). The fourth-order valence-electron chi connectivity index (χ4n) is 1.17. The van der Waals surface area contributed by atoms with Gasteiger partial charge in [-0.1, -0.05) is 17.7 Å². The average Bonchev–Trinajstić information content (AvgIpc) is 2.13. The Labute approximate surface area is 86.9 Å². The molecule has 0 saturated heterocycles. The van der Waals surface area contributed by atoms with E-state index in [4.69, 9.17) is 17.3 Å². The molecular formula is C10H11ClFNO. The van der Waals surface area contributed by atoms with E-state index in [-0.39, 0.29) is 29.3 Å². The van der Waals surface area contributed by atoms with Crippen LogP contribution in [0.3, 0.4) is 0 Å². The normalized spacial score (nSPS) is 10.3. The van der Waals surface area contributed by atoms with Crippen LogP contribution in [0.4, 0.5) is 4.39 Å². The van der Waals surface area contributed by atoms with E-state index in [0.717, 1.165) is 0 Å². The molecule has 0 heterocycles. The van der Waals surface area contributed by atoms with E-state index in [0.29, 0.717) is 5.56 Å². The largest absolute Gasteiger partial charge is 0.330 e. The number of hydrogen-bond donors (Lipinski definition) is 1. The minimum atomic E-state index is -0.545. The van der Waals surface area contributed by atoms with Gasteiger partial charge in [-0.05, 0) is 25.1 Å². The Morgan fingerprint density at radius 2 is 2.21 bits per heavy atom. The van der Waals surface area contributed by atoms with Gasteiger partial charge in [0.25, 0.3) is 0 Å². The number of halogens is 2. The smallest absolute Gasteiger partial charge is 0.168 e. The van der Waals surface area contributed by atoms with E-state index in [1.807, 2.05) is 0 Å². The van der Waals surface area contributed by atoms with Crippen LogP contribution < -0.4 is 5.73 Å². The number of rotatable bonds is 3. The third-order valence-corrected chi connectivity index (χ3v) is 2.25. The standard InChI is InChI=1S/C10H11ClFNO/c1-6-2-3-7(11)9(10(6)12)8(14)4-5-13/h2-3H,4-5,13H2,1H3. The van der Waals surface area contributed by atoms with Crippen LogP contribution in [-0.2, 0) is 0 Å². The topological polar surface area (TPSA) is 43.1 Å². The first-order valence-corrected chi connectivity index (χ1v) is 4.63. The zero-order chi connectivity index (χ0) is 10.7. The Balaban J connectivity index is 3.18. The molecule has 0 aliphatic rings. The number of carbonyl (C=O) groups excluding carboxylic acids is 1. The number of ketones is 1. The summed E-state index contributed by atoms with van der Waals surface area (Å²) in [6, 6.07) is 3.06. The number of aryl methyl sites for hydroxylation is 1. The lowest BCUT2D eigenvalue weighted by Crippen LogP contribution is -2.11. The van der Waals surface area contributed by atoms with Crippen LogP contribution in [0.25, 0.3) is 0 Å². The van der Waals surface area contributed by atoms with Crippen molar-refractivity contribution in [2.45, 2.75) is 13.3 Å². The van der Waals surface area contributed by atoms with E-state index < -0.39 is 5.82 Å². The van der Waals surface area contributed by atoms with Gasteiger partial charge in [-0.25, -0.2) is 4.39 Å². The summed E-state index contributed by atoms with van der Waals surface area (Å²) in [5, 5.41) is 0.145. The van der Waals surface area contributed by atoms with E-state index in [1.54, 1.807) is 6.92 Å². The lowest BCUT2D eigenvalue weighted by molar-refractivity contribution is 0.0981. The maximum absolute atomic E-state index is 13.5. The Kier molecular flexibility index (Phi) is 3.61. The highest BCUT2D eigenvalue weighted by Crippen LogP contribution is 2.23. The monoisotopic (exact) mass is 215 g/mol. The second-order valence-corrected chi connectivity index (χ2v) is 3.42. The highest BCUT2D eigenvalue weighted by atomic mass is 35.5. The summed E-state index contributed by atoms with van der Waals surface area (Å²) in [6.07, 6.45) is 0.111. The molecule has 0 amide bonds. The highest BCUT2D eigenvalue weighted by molar-refractivity contribution is 6.34. The summed E-state index contributed by atoms with van der Waals surface area (Å²) in [5.41, 5.74) is 5.59. The lowest BCUT2D eigenvalue weighted by atomic mass is 10.0. The molecule has 14 heavy (non-hydrogen) atoms. The molecule has 0 unspecified atom stereocenters. The van der Waals surface area contributed by atoms with Crippen LogP contribution in [-0.4, -0.2) is 12.3 Å². The second-order valence-electron chi connectivity index (χ2n) is 3.02. The van der Waals surface area contributed by atoms with Gasteiger partial charge < -0.3 is 5.73 Å². The number of nitrogens with two attached hydrogens (primary N) is 1. The van der Waals surface area contributed by atoms with Gasteiger partial charge in [0, 0.05) is 6.42 Å². The second kappa shape index (κ2) is 4.53. The van der Waals surface area contributed by atoms with Gasteiger partial charge in [0.15, 0.2) is 5.78 Å². The van der Waals surface area contributed by atoms with Gasteiger partial charge in [-0.2, -0.15) is 0 Å². The molecule has 2 nitrogen and oxygen atoms in total. The van der Waals surface area contributed by atoms with Crippen LogP contribution in [0.1, 0.15) is 22.3 Å². The Morgan fingerprint density at radius 3 is 2.79 bits per heavy atom. The van der Waals surface area contributed by atoms with Gasteiger partial charge in [-0.15, -0.1) is 0 Å². The zero-order valence-corrected chi connectivity index (χ0v) is 8.57. The van der Waals surface area contributed by atoms with Gasteiger partial charge >= 0.3 is 0 Å². The highest BCUT2D eigenvalue weighted by Gasteiger charge is 2.16. The zero-order valence-electron chi connectivity index (χ0n) is 7.81. The van der Waals surface area contributed by atoms with Crippen molar-refractivity contribution in [2.75, 3.05) is 6.54 Å². The van der Waals surface area contributed by atoms with Gasteiger partial charge in [-0.3, -0.25) is 4.79 Å². The summed E-state index contributed by atoms with van der Waals surface area (Å²) < 4.78 is 13.5. The van der Waals surface area contributed by atoms with E-state index in [9.17, 15) is 9.18 Å². The van der Waals surface area contributed by atoms with Crippen LogP contribution in [0.2, 0.25) is 5.02 Å². The third kappa shape index (κ3) is 2.11. The van der Waals surface area contributed by atoms with Crippen molar-refractivity contribution in [3.8, 4) is 0 Å². The molecule has 0 atom stereocenters. The molecule has 0 aliphatic heterocycles. The number of carbonyl (C=O) groups is 1. The van der Waals surface area contributed by atoms with Crippen molar-refractivity contribution in [1.29, 1.82) is 0 Å². The lowest BCUT2D eigenvalue weighted by Gasteiger charge is -2.06. The van der Waals surface area contributed by atoms with Crippen molar-refractivity contribution in [2.24, 2.45) is 5.73 Å². The van der Waals surface area contributed by atoms with Crippen molar-refractivity contribution in [3.63, 3.8) is 0 Å². The summed E-state index contributed by atoms with van der Waals surface area (Å²) in [6.45, 7) is 1.79. The first-order valence-electron chi connectivity index (χ1n) is 4.25. The fourth-order valence-corrected chi connectivity index (χ4v) is 1.42. The summed E-state index contributed by atoms with van der Waals surface area (Å²) in [4.78, 5) is 11.4. The van der Waals surface area contributed by atoms with E-state index >= 15 is 0 Å². The van der Waals surface area contributed by atoms with Crippen molar-refractivity contribution in [1.82, 2.24) is 0 Å². The average molecular weight is 216 g/mol. The Hall–Kier alpha value is -0.930. The van der Waals surface area contributed by atoms with Crippen LogP contribution in [0, 0.1) is 12.7 Å². The van der Waals surface area contributed by atoms with E-state index in [1.165, 1.54) is 12.1 Å². The van der Waals surface area contributed by atoms with Crippen molar-refractivity contribution >= 4 is 17.4 Å². The van der Waals surface area contributed by atoms with Gasteiger partial charge in [0.2, 0.25) is 0 Å². The van der Waals surface area contributed by atoms with Crippen LogP contribution in [0.5, 0.6) is 0 Å². The molecule has 0 aromatic heterocycles. The Morgan fingerprint density at radius 1 is 1.57 bits per heavy atom. The molecular weight excluding hydrogens is 205 g/mol. The molecule has 76 valence electrons. The van der Waals surface area contributed by atoms with Crippen LogP contribution in [0.15, 0.2) is 12.1 Å². The molecule has 4 heteroatoms. The predicted molar refractivity (Wildman–Crippen MR) is 54.1 cm³/mol. The minimum absolute atomic E-state index is 0.0443. The third-order valence-electron chi connectivity index (χ3n) is 1.93. The molecule has 0 fully saturated rings. The minimum Gasteiger partial charge on any atom is -0.330 e. The predicted octanol–water partition coefficient (Wildman–Crippen LogP) is 2.32. The number of hydrogen-bond acceptors (Lipinski definition) is 2. The molecule has 0 bridgehead atoms. The van der Waals surface area contributed by atoms with Gasteiger partial charge in [0.05, 0.1) is 10.6 Å². The molecule has 0 aliphatic carbocycles. The van der Waals surface area contributed by atoms with Crippen molar-refractivity contribution in [3.05, 3.63) is 34.1 Å². The fraction of sp³-hybridized carbons (Fsp3) is 0.300. The Bertz CT molecular complexity index is 365. The summed E-state index contributed by atoms with van der Waals surface area (Å²) in [7, 11) is 0. The van der Waals surface area contributed by atoms with Crippen molar-refractivity contribution < 1.29 is 9.18 Å². The summed E-state index contributed by atoms with van der Waals surface area (Å²) >= 11 is 5.73. The molecule has 0 saturated carbocycles. The maximum atomic E-state index is 13.5. The van der Waals surface area contributed by atoms with E-state index in [2.05, 4.69) is 0 Å². The molecule has 1 aromatic carbocycles. The SMILES string of the molecule is Cc1ccc(Cl)c(C(=O)CCN)c1F. The number of Topliss-reactive ketones (excluding diaryl/α,β-unsaturated/α-hetero) is 1. The quantitative estimate of drug-likeness (QED) is 0.787. The number of benzene rings is 1. The molecule has 0 radical (unpaired) electrons.